The van der Waals surface area contributed by atoms with Crippen molar-refractivity contribution in [2.45, 2.75) is 49.8 Å². The molecule has 0 saturated heterocycles. The molecule has 0 aromatic heterocycles. The van der Waals surface area contributed by atoms with Crippen molar-refractivity contribution in [3.05, 3.63) is 29.8 Å². The molecule has 1 aromatic carbocycles. The van der Waals surface area contributed by atoms with E-state index in [1.54, 1.807) is 12.1 Å². The zero-order chi connectivity index (χ0) is 12.7. The number of hydrogen-bond acceptors (Lipinski definition) is 1. The Morgan fingerprint density at radius 1 is 1.18 bits per heavy atom. The number of halogens is 2. The third-order valence-electron chi connectivity index (χ3n) is 2.85. The number of unbranched alkanes of at least 4 members (excludes halogenated alkanes) is 1. The summed E-state index contributed by atoms with van der Waals surface area (Å²) in [7, 11) is 0. The summed E-state index contributed by atoms with van der Waals surface area (Å²) in [6.45, 7) is 2.15. The van der Waals surface area contributed by atoms with Crippen LogP contribution in [0.4, 0.5) is 0 Å². The molecular weight excluding hydrogens is 255 g/mol. The Kier molecular flexibility index (Phi) is 6.76. The highest BCUT2D eigenvalue weighted by molar-refractivity contribution is 6.29. The highest BCUT2D eigenvalue weighted by Crippen LogP contribution is 2.22. The van der Waals surface area contributed by atoms with Crippen molar-refractivity contribution < 1.29 is 5.11 Å². The van der Waals surface area contributed by atoms with E-state index in [1.807, 2.05) is 12.1 Å². The average molecular weight is 275 g/mol. The zero-order valence-electron chi connectivity index (χ0n) is 10.2. The van der Waals surface area contributed by atoms with E-state index in [4.69, 9.17) is 23.2 Å². The molecule has 17 heavy (non-hydrogen) atoms. The monoisotopic (exact) mass is 274 g/mol. The SMILES string of the molecule is CCCCC(Cl)C(Cl)CCc1cccc(O)c1. The first-order valence-corrected chi connectivity index (χ1v) is 7.06. The second-order valence-electron chi connectivity index (χ2n) is 4.38. The van der Waals surface area contributed by atoms with Crippen molar-refractivity contribution in [2.24, 2.45) is 0 Å². The average Bonchev–Trinajstić information content (AvgIpc) is 2.33. The lowest BCUT2D eigenvalue weighted by Gasteiger charge is -2.15. The molecule has 0 amide bonds. The molecule has 0 spiro atoms. The molecule has 1 aromatic rings. The molecular formula is C14H20Cl2O. The molecule has 0 saturated carbocycles. The first kappa shape index (κ1) is 14.7. The molecule has 0 aliphatic carbocycles. The maximum absolute atomic E-state index is 9.34. The third kappa shape index (κ3) is 5.65. The standard InChI is InChI=1S/C14H20Cl2O/c1-2-3-7-13(15)14(16)9-8-11-5-4-6-12(17)10-11/h4-6,10,13-14,17H,2-3,7-9H2,1H3. The summed E-state index contributed by atoms with van der Waals surface area (Å²) in [6, 6.07) is 7.30. The molecule has 2 unspecified atom stereocenters. The zero-order valence-corrected chi connectivity index (χ0v) is 11.7. The van der Waals surface area contributed by atoms with Crippen LogP contribution in [-0.4, -0.2) is 15.9 Å². The van der Waals surface area contributed by atoms with Crippen molar-refractivity contribution in [1.29, 1.82) is 0 Å². The topological polar surface area (TPSA) is 20.2 Å². The van der Waals surface area contributed by atoms with E-state index in [0.717, 1.165) is 37.7 Å². The summed E-state index contributed by atoms with van der Waals surface area (Å²) in [6.07, 6.45) is 4.97. The molecule has 0 radical (unpaired) electrons. The van der Waals surface area contributed by atoms with E-state index >= 15 is 0 Å². The van der Waals surface area contributed by atoms with Gasteiger partial charge in [-0.3, -0.25) is 0 Å². The van der Waals surface area contributed by atoms with Crippen LogP contribution in [0.2, 0.25) is 0 Å². The molecule has 0 bridgehead atoms. The van der Waals surface area contributed by atoms with Crippen LogP contribution in [0.25, 0.3) is 0 Å². The van der Waals surface area contributed by atoms with Crippen LogP contribution in [0.15, 0.2) is 24.3 Å². The molecule has 0 fully saturated rings. The highest BCUT2D eigenvalue weighted by Gasteiger charge is 2.15. The van der Waals surface area contributed by atoms with Crippen LogP contribution in [0.1, 0.15) is 38.2 Å². The van der Waals surface area contributed by atoms with Crippen LogP contribution in [0.5, 0.6) is 5.75 Å². The van der Waals surface area contributed by atoms with E-state index in [-0.39, 0.29) is 10.8 Å². The number of rotatable bonds is 7. The Morgan fingerprint density at radius 3 is 2.53 bits per heavy atom. The Bertz CT molecular complexity index is 328. The second-order valence-corrected chi connectivity index (χ2v) is 5.50. The minimum Gasteiger partial charge on any atom is -0.508 e. The fourth-order valence-corrected chi connectivity index (χ4v) is 2.29. The largest absolute Gasteiger partial charge is 0.508 e. The molecule has 96 valence electrons. The predicted molar refractivity (Wildman–Crippen MR) is 75.2 cm³/mol. The summed E-state index contributed by atoms with van der Waals surface area (Å²) in [4.78, 5) is 0. The van der Waals surface area contributed by atoms with Gasteiger partial charge in [0.25, 0.3) is 0 Å². The van der Waals surface area contributed by atoms with Gasteiger partial charge in [0.15, 0.2) is 0 Å². The van der Waals surface area contributed by atoms with Gasteiger partial charge >= 0.3 is 0 Å². The van der Waals surface area contributed by atoms with Gasteiger partial charge in [-0.05, 0) is 37.0 Å². The van der Waals surface area contributed by atoms with Gasteiger partial charge in [0.2, 0.25) is 0 Å². The van der Waals surface area contributed by atoms with Crippen molar-refractivity contribution in [3.8, 4) is 5.75 Å². The van der Waals surface area contributed by atoms with Gasteiger partial charge in [0, 0.05) is 5.38 Å². The van der Waals surface area contributed by atoms with Gasteiger partial charge in [0.1, 0.15) is 5.75 Å². The number of benzene rings is 1. The van der Waals surface area contributed by atoms with Crippen LogP contribution in [0, 0.1) is 0 Å². The number of phenolic OH excluding ortho intramolecular Hbond substituents is 1. The highest BCUT2D eigenvalue weighted by atomic mass is 35.5. The Balaban J connectivity index is 2.34. The molecule has 0 aliphatic rings. The number of aromatic hydroxyl groups is 1. The van der Waals surface area contributed by atoms with Gasteiger partial charge < -0.3 is 5.11 Å². The number of alkyl halides is 2. The molecule has 2 atom stereocenters. The van der Waals surface area contributed by atoms with E-state index in [2.05, 4.69) is 6.92 Å². The van der Waals surface area contributed by atoms with Crippen molar-refractivity contribution >= 4 is 23.2 Å². The Labute approximate surface area is 114 Å². The number of phenols is 1. The molecule has 0 aliphatic heterocycles. The third-order valence-corrected chi connectivity index (χ3v) is 4.02. The Hall–Kier alpha value is -0.400. The maximum atomic E-state index is 9.34. The molecule has 0 heterocycles. The van der Waals surface area contributed by atoms with Crippen molar-refractivity contribution in [2.75, 3.05) is 0 Å². The molecule has 1 nitrogen and oxygen atoms in total. The van der Waals surface area contributed by atoms with Crippen LogP contribution < -0.4 is 0 Å². The van der Waals surface area contributed by atoms with Crippen LogP contribution >= 0.6 is 23.2 Å². The Morgan fingerprint density at radius 2 is 1.88 bits per heavy atom. The lowest BCUT2D eigenvalue weighted by Crippen LogP contribution is -2.15. The van der Waals surface area contributed by atoms with Crippen LogP contribution in [0.3, 0.4) is 0 Å². The van der Waals surface area contributed by atoms with E-state index in [9.17, 15) is 5.11 Å². The fraction of sp³-hybridized carbons (Fsp3) is 0.571. The second kappa shape index (κ2) is 7.84. The molecule has 3 heteroatoms. The fourth-order valence-electron chi connectivity index (χ4n) is 1.78. The van der Waals surface area contributed by atoms with E-state index < -0.39 is 0 Å². The summed E-state index contributed by atoms with van der Waals surface area (Å²) < 4.78 is 0. The summed E-state index contributed by atoms with van der Waals surface area (Å²) in [5, 5.41) is 9.40. The van der Waals surface area contributed by atoms with Gasteiger partial charge in [0.05, 0.1) is 5.38 Å². The number of hydrogen-bond donors (Lipinski definition) is 1. The summed E-state index contributed by atoms with van der Waals surface area (Å²) in [5.74, 6) is 0.307. The first-order valence-electron chi connectivity index (χ1n) is 6.19. The maximum Gasteiger partial charge on any atom is 0.115 e. The van der Waals surface area contributed by atoms with Gasteiger partial charge in [-0.2, -0.15) is 0 Å². The van der Waals surface area contributed by atoms with Gasteiger partial charge in [-0.1, -0.05) is 31.9 Å². The smallest absolute Gasteiger partial charge is 0.115 e. The van der Waals surface area contributed by atoms with Crippen molar-refractivity contribution in [3.63, 3.8) is 0 Å². The van der Waals surface area contributed by atoms with E-state index in [1.165, 1.54) is 0 Å². The first-order chi connectivity index (χ1) is 8.13. The quantitative estimate of drug-likeness (QED) is 0.713. The van der Waals surface area contributed by atoms with E-state index in [0.29, 0.717) is 5.75 Å². The molecule has 1 rings (SSSR count). The normalized spacial score (nSPS) is 14.5. The summed E-state index contributed by atoms with van der Waals surface area (Å²) >= 11 is 12.5. The number of aryl methyl sites for hydroxylation is 1. The lowest BCUT2D eigenvalue weighted by molar-refractivity contribution is 0.474. The minimum absolute atomic E-state index is 0.00515. The van der Waals surface area contributed by atoms with Crippen LogP contribution in [-0.2, 0) is 6.42 Å². The lowest BCUT2D eigenvalue weighted by atomic mass is 10.0. The van der Waals surface area contributed by atoms with Gasteiger partial charge in [-0.25, -0.2) is 0 Å². The van der Waals surface area contributed by atoms with Gasteiger partial charge in [-0.15, -0.1) is 23.2 Å². The molecule has 1 N–H and O–H groups in total. The summed E-state index contributed by atoms with van der Waals surface area (Å²) in [5.41, 5.74) is 1.11. The van der Waals surface area contributed by atoms with Crippen molar-refractivity contribution in [1.82, 2.24) is 0 Å². The predicted octanol–water partition coefficient (Wildman–Crippen LogP) is 4.73. The minimum atomic E-state index is 0.00515.